The van der Waals surface area contributed by atoms with Gasteiger partial charge in [-0.3, -0.25) is 20.4 Å². The highest BCUT2D eigenvalue weighted by Gasteiger charge is 2.27. The van der Waals surface area contributed by atoms with Gasteiger partial charge >= 0.3 is 0 Å². The molecule has 0 radical (unpaired) electrons. The molecule has 0 aromatic rings. The fraction of sp³-hybridized carbons (Fsp3) is 0.769. The molecule has 1 aliphatic rings. The van der Waals surface area contributed by atoms with Crippen LogP contribution in [0.1, 0.15) is 40.5 Å². The van der Waals surface area contributed by atoms with Crippen LogP contribution in [0.15, 0.2) is 0 Å². The molecule has 1 aliphatic heterocycles. The van der Waals surface area contributed by atoms with E-state index in [4.69, 9.17) is 12.2 Å². The lowest BCUT2D eigenvalue weighted by atomic mass is 9.97. The van der Waals surface area contributed by atoms with Crippen LogP contribution in [0, 0.1) is 5.92 Å². The summed E-state index contributed by atoms with van der Waals surface area (Å²) in [5.41, 5.74) is 5.14. The second kappa shape index (κ2) is 6.88. The van der Waals surface area contributed by atoms with Crippen LogP contribution in [-0.4, -0.2) is 40.5 Å². The number of piperidine rings is 1. The average molecular weight is 300 g/mol. The van der Waals surface area contributed by atoms with Crippen LogP contribution in [0.2, 0.25) is 0 Å². The van der Waals surface area contributed by atoms with Crippen molar-refractivity contribution < 1.29 is 9.59 Å². The van der Waals surface area contributed by atoms with Crippen molar-refractivity contribution in [3.05, 3.63) is 0 Å². The predicted molar refractivity (Wildman–Crippen MR) is 81.7 cm³/mol. The summed E-state index contributed by atoms with van der Waals surface area (Å²) < 4.78 is 0. The van der Waals surface area contributed by atoms with Gasteiger partial charge < -0.3 is 10.2 Å². The van der Waals surface area contributed by atoms with Gasteiger partial charge in [-0.05, 0) is 45.8 Å². The molecule has 0 spiro atoms. The predicted octanol–water partition coefficient (Wildman–Crippen LogP) is 0.539. The molecule has 1 atom stereocenters. The van der Waals surface area contributed by atoms with Crippen LogP contribution < -0.4 is 16.2 Å². The quantitative estimate of drug-likeness (QED) is 0.487. The Bertz CT molecular complexity index is 392. The maximum Gasteiger partial charge on any atom is 0.243 e. The summed E-state index contributed by atoms with van der Waals surface area (Å²) in [7, 11) is 0. The van der Waals surface area contributed by atoms with E-state index in [1.165, 1.54) is 6.92 Å². The van der Waals surface area contributed by atoms with E-state index in [9.17, 15) is 9.59 Å². The molecule has 0 saturated carbocycles. The molecule has 7 heteroatoms. The zero-order chi connectivity index (χ0) is 15.3. The molecule has 1 fully saturated rings. The molecular formula is C13H24N4O2S. The van der Waals surface area contributed by atoms with Gasteiger partial charge in [0.15, 0.2) is 5.11 Å². The van der Waals surface area contributed by atoms with E-state index in [1.807, 2.05) is 20.8 Å². The Labute approximate surface area is 125 Å². The monoisotopic (exact) mass is 300 g/mol. The number of thiocarbonyl (C=S) groups is 1. The van der Waals surface area contributed by atoms with Gasteiger partial charge in [0.2, 0.25) is 11.8 Å². The summed E-state index contributed by atoms with van der Waals surface area (Å²) in [6.07, 6.45) is 1.64. The maximum absolute atomic E-state index is 12.0. The van der Waals surface area contributed by atoms with E-state index in [2.05, 4.69) is 16.2 Å². The number of likely N-dealkylation sites (tertiary alicyclic amines) is 1. The summed E-state index contributed by atoms with van der Waals surface area (Å²) in [5, 5.41) is 3.43. The van der Waals surface area contributed by atoms with Crippen LogP contribution in [0.25, 0.3) is 0 Å². The maximum atomic E-state index is 12.0. The number of carbonyl (C=O) groups is 2. The van der Waals surface area contributed by atoms with Crippen LogP contribution in [0.5, 0.6) is 0 Å². The summed E-state index contributed by atoms with van der Waals surface area (Å²) in [6.45, 7) is 8.68. The zero-order valence-corrected chi connectivity index (χ0v) is 13.4. The Balaban J connectivity index is 2.39. The number of nitrogens with one attached hydrogen (secondary N) is 3. The van der Waals surface area contributed by atoms with Gasteiger partial charge in [0.25, 0.3) is 0 Å². The highest BCUT2D eigenvalue weighted by molar-refractivity contribution is 7.80. The first-order valence-corrected chi connectivity index (χ1v) is 7.23. The number of rotatable bonds is 1. The van der Waals surface area contributed by atoms with Gasteiger partial charge in [-0.2, -0.15) is 0 Å². The normalized spacial score (nSPS) is 19.2. The minimum absolute atomic E-state index is 0.0142. The lowest BCUT2D eigenvalue weighted by Crippen LogP contribution is -2.54. The number of hydrazine groups is 1. The largest absolute Gasteiger partial charge is 0.357 e. The first kappa shape index (κ1) is 16.7. The van der Waals surface area contributed by atoms with E-state index < -0.39 is 0 Å². The SMILES string of the molecule is CC(=O)N1CCC[C@H](C(=O)NNC(=S)NC(C)(C)C)C1. The third-order valence-electron chi connectivity index (χ3n) is 3.03. The molecule has 114 valence electrons. The second-order valence-corrected chi connectivity index (χ2v) is 6.53. The van der Waals surface area contributed by atoms with Crippen molar-refractivity contribution in [2.24, 2.45) is 5.92 Å². The third-order valence-corrected chi connectivity index (χ3v) is 3.23. The van der Waals surface area contributed by atoms with Crippen molar-refractivity contribution in [3.8, 4) is 0 Å². The Morgan fingerprint density at radius 3 is 2.45 bits per heavy atom. The standard InChI is InChI=1S/C13H24N4O2S/c1-9(18)17-7-5-6-10(8-17)11(19)15-16-12(20)14-13(2,3)4/h10H,5-8H2,1-4H3,(H,15,19)(H2,14,16,20)/t10-/m0/s1. The van der Waals surface area contributed by atoms with Crippen LogP contribution in [-0.2, 0) is 9.59 Å². The van der Waals surface area contributed by atoms with Gasteiger partial charge in [-0.15, -0.1) is 0 Å². The van der Waals surface area contributed by atoms with Gasteiger partial charge in [-0.1, -0.05) is 0 Å². The average Bonchev–Trinajstić information content (AvgIpc) is 2.34. The van der Waals surface area contributed by atoms with Crippen molar-refractivity contribution in [1.29, 1.82) is 0 Å². The first-order valence-electron chi connectivity index (χ1n) is 6.82. The van der Waals surface area contributed by atoms with E-state index in [1.54, 1.807) is 4.90 Å². The smallest absolute Gasteiger partial charge is 0.243 e. The van der Waals surface area contributed by atoms with Crippen LogP contribution in [0.4, 0.5) is 0 Å². The van der Waals surface area contributed by atoms with Crippen molar-refractivity contribution in [3.63, 3.8) is 0 Å². The van der Waals surface area contributed by atoms with E-state index in [0.29, 0.717) is 11.7 Å². The molecule has 0 aliphatic carbocycles. The molecule has 0 bridgehead atoms. The third kappa shape index (κ3) is 5.73. The molecule has 0 aromatic heterocycles. The van der Waals surface area contributed by atoms with Gasteiger partial charge in [-0.25, -0.2) is 0 Å². The lowest BCUT2D eigenvalue weighted by molar-refractivity contribution is -0.134. The molecule has 0 aromatic carbocycles. The van der Waals surface area contributed by atoms with Gasteiger partial charge in [0.05, 0.1) is 5.92 Å². The van der Waals surface area contributed by atoms with E-state index in [0.717, 1.165) is 19.4 Å². The fourth-order valence-corrected chi connectivity index (χ4v) is 2.43. The van der Waals surface area contributed by atoms with E-state index in [-0.39, 0.29) is 23.3 Å². The van der Waals surface area contributed by atoms with E-state index >= 15 is 0 Å². The van der Waals surface area contributed by atoms with Gasteiger partial charge in [0.1, 0.15) is 0 Å². The van der Waals surface area contributed by atoms with Crippen molar-refractivity contribution >= 4 is 29.1 Å². The van der Waals surface area contributed by atoms with Crippen LogP contribution in [0.3, 0.4) is 0 Å². The highest BCUT2D eigenvalue weighted by Crippen LogP contribution is 2.16. The second-order valence-electron chi connectivity index (χ2n) is 6.12. The number of hydrogen-bond donors (Lipinski definition) is 3. The molecule has 3 N–H and O–H groups in total. The zero-order valence-electron chi connectivity index (χ0n) is 12.6. The Kier molecular flexibility index (Phi) is 5.74. The highest BCUT2D eigenvalue weighted by atomic mass is 32.1. The molecule has 1 heterocycles. The molecule has 1 rings (SSSR count). The van der Waals surface area contributed by atoms with Crippen molar-refractivity contribution in [2.75, 3.05) is 13.1 Å². The Morgan fingerprint density at radius 2 is 1.90 bits per heavy atom. The number of amides is 2. The summed E-state index contributed by atoms with van der Waals surface area (Å²) >= 11 is 5.09. The molecule has 0 unspecified atom stereocenters. The van der Waals surface area contributed by atoms with Crippen molar-refractivity contribution in [2.45, 2.75) is 46.1 Å². The van der Waals surface area contributed by atoms with Crippen LogP contribution >= 0.6 is 12.2 Å². The number of nitrogens with zero attached hydrogens (tertiary/aromatic N) is 1. The minimum Gasteiger partial charge on any atom is -0.357 e. The van der Waals surface area contributed by atoms with Crippen molar-refractivity contribution in [1.82, 2.24) is 21.1 Å². The molecule has 1 saturated heterocycles. The molecule has 2 amide bonds. The number of carbonyl (C=O) groups excluding carboxylic acids is 2. The summed E-state index contributed by atoms with van der Waals surface area (Å²) in [4.78, 5) is 25.1. The molecule has 20 heavy (non-hydrogen) atoms. The Hall–Kier alpha value is -1.37. The topological polar surface area (TPSA) is 73.5 Å². The molecular weight excluding hydrogens is 276 g/mol. The fourth-order valence-electron chi connectivity index (χ4n) is 2.07. The lowest BCUT2D eigenvalue weighted by Gasteiger charge is -2.31. The number of hydrogen-bond acceptors (Lipinski definition) is 3. The summed E-state index contributed by atoms with van der Waals surface area (Å²) in [6, 6.07) is 0. The summed E-state index contributed by atoms with van der Waals surface area (Å²) in [5.74, 6) is -0.299. The minimum atomic E-state index is -0.183. The molecule has 6 nitrogen and oxygen atoms in total. The van der Waals surface area contributed by atoms with Gasteiger partial charge in [0, 0.05) is 25.6 Å². The Morgan fingerprint density at radius 1 is 1.25 bits per heavy atom. The first-order chi connectivity index (χ1) is 9.19.